The molecule has 2 aliphatic heterocycles. The van der Waals surface area contributed by atoms with Gasteiger partial charge in [0.1, 0.15) is 17.3 Å². The van der Waals surface area contributed by atoms with Crippen LogP contribution in [-0.4, -0.2) is 67.3 Å². The summed E-state index contributed by atoms with van der Waals surface area (Å²) < 4.78 is 66.9. The number of nitrogen functional groups attached to an aromatic ring is 1. The largest absolute Gasteiger partial charge is 0.467 e. The van der Waals surface area contributed by atoms with E-state index >= 15 is 0 Å². The van der Waals surface area contributed by atoms with E-state index in [-0.39, 0.29) is 42.9 Å². The van der Waals surface area contributed by atoms with Gasteiger partial charge in [0, 0.05) is 50.4 Å². The fourth-order valence-electron chi connectivity index (χ4n) is 4.75. The average Bonchev–Trinajstić information content (AvgIpc) is 3.15. The molecular formula is C26H31F4N7O3. The number of aromatic nitrogens is 2. The standard InChI is InChI=1S/C26H31F4N7O3/c1-13(22(32)24(38)36(2)3)19-11-37(7-5-6-33-19)23-16-12-40-20(10-18(16)34-25(35-23)39-4)15-8-14(31)9-17(27)21(15)26(28,29)30/h8-9,20H,5-7,10-12,31-32H2,1-4H3/b22-13-. The zero-order chi connectivity index (χ0) is 29.4. The SMILES string of the molecule is COc1nc2c(c(N3CCCN=C(/C(C)=C(\N)C(=O)N(C)C)C3)n1)COC(c1cc(N)cc(F)c1C(F)(F)F)C2. The van der Waals surface area contributed by atoms with Crippen molar-refractivity contribution >= 4 is 23.1 Å². The number of likely N-dealkylation sites (N-methyl/N-ethyl adjacent to an activating group) is 1. The highest BCUT2D eigenvalue weighted by Gasteiger charge is 2.40. The molecule has 0 saturated heterocycles. The minimum atomic E-state index is -4.95. The molecule has 14 heteroatoms. The Bertz CT molecular complexity index is 1380. The number of hydrogen-bond donors (Lipinski definition) is 2. The number of fused-ring (bicyclic) bond motifs is 1. The van der Waals surface area contributed by atoms with Crippen LogP contribution in [0.2, 0.25) is 0 Å². The first-order chi connectivity index (χ1) is 18.8. The van der Waals surface area contributed by atoms with Crippen LogP contribution in [0.15, 0.2) is 28.4 Å². The molecule has 0 radical (unpaired) electrons. The Morgan fingerprint density at radius 1 is 1.25 bits per heavy atom. The van der Waals surface area contributed by atoms with Gasteiger partial charge in [0.15, 0.2) is 0 Å². The molecule has 1 amide bonds. The zero-order valence-corrected chi connectivity index (χ0v) is 22.6. The lowest BCUT2D eigenvalue weighted by Gasteiger charge is -2.31. The third kappa shape index (κ3) is 5.81. The molecule has 0 spiro atoms. The van der Waals surface area contributed by atoms with Crippen molar-refractivity contribution in [1.29, 1.82) is 0 Å². The average molecular weight is 566 g/mol. The van der Waals surface area contributed by atoms with Gasteiger partial charge in [0.25, 0.3) is 5.91 Å². The first-order valence-corrected chi connectivity index (χ1v) is 12.5. The Morgan fingerprint density at radius 2 is 1.98 bits per heavy atom. The first-order valence-electron chi connectivity index (χ1n) is 12.5. The number of benzene rings is 1. The third-order valence-electron chi connectivity index (χ3n) is 6.82. The van der Waals surface area contributed by atoms with Crippen LogP contribution in [0.3, 0.4) is 0 Å². The van der Waals surface area contributed by atoms with Gasteiger partial charge in [-0.25, -0.2) is 4.39 Å². The molecule has 3 heterocycles. The highest BCUT2D eigenvalue weighted by atomic mass is 19.4. The molecule has 2 aromatic rings. The zero-order valence-electron chi connectivity index (χ0n) is 22.6. The Kier molecular flexibility index (Phi) is 8.19. The number of carbonyl (C=O) groups excluding carboxylic acids is 1. The molecule has 1 aromatic carbocycles. The lowest BCUT2D eigenvalue weighted by molar-refractivity contribution is -0.142. The molecular weight excluding hydrogens is 534 g/mol. The maximum Gasteiger partial charge on any atom is 0.419 e. The molecule has 216 valence electrons. The van der Waals surface area contributed by atoms with E-state index in [2.05, 4.69) is 15.0 Å². The van der Waals surface area contributed by atoms with Crippen molar-refractivity contribution in [2.24, 2.45) is 10.7 Å². The van der Waals surface area contributed by atoms with E-state index in [1.54, 1.807) is 21.0 Å². The van der Waals surface area contributed by atoms with Crippen LogP contribution < -0.4 is 21.1 Å². The molecule has 0 aliphatic carbocycles. The van der Waals surface area contributed by atoms with Crippen LogP contribution in [0.1, 0.15) is 41.8 Å². The topological polar surface area (TPSA) is 132 Å². The number of ether oxygens (including phenoxy) is 2. The first kappa shape index (κ1) is 29.1. The number of methoxy groups -OCH3 is 1. The van der Waals surface area contributed by atoms with E-state index in [0.717, 1.165) is 6.07 Å². The van der Waals surface area contributed by atoms with Gasteiger partial charge in [-0.2, -0.15) is 23.1 Å². The van der Waals surface area contributed by atoms with Crippen molar-refractivity contribution < 1.29 is 31.8 Å². The van der Waals surface area contributed by atoms with Gasteiger partial charge in [0.05, 0.1) is 43.3 Å². The van der Waals surface area contributed by atoms with Crippen LogP contribution in [0.4, 0.5) is 29.1 Å². The molecule has 10 nitrogen and oxygen atoms in total. The lowest BCUT2D eigenvalue weighted by Crippen LogP contribution is -2.35. The van der Waals surface area contributed by atoms with Crippen LogP contribution in [-0.2, 0) is 28.7 Å². The van der Waals surface area contributed by atoms with E-state index in [0.29, 0.717) is 53.9 Å². The second kappa shape index (κ2) is 11.3. The molecule has 0 saturated carbocycles. The molecule has 1 unspecified atom stereocenters. The molecule has 4 rings (SSSR count). The molecule has 1 atom stereocenters. The summed E-state index contributed by atoms with van der Waals surface area (Å²) in [5.41, 5.74) is 12.0. The van der Waals surface area contributed by atoms with Crippen molar-refractivity contribution in [2.45, 2.75) is 38.7 Å². The summed E-state index contributed by atoms with van der Waals surface area (Å²) in [6.45, 7) is 2.90. The van der Waals surface area contributed by atoms with Crippen molar-refractivity contribution in [3.63, 3.8) is 0 Å². The highest BCUT2D eigenvalue weighted by Crippen LogP contribution is 2.42. The lowest BCUT2D eigenvalue weighted by atomic mass is 9.94. The van der Waals surface area contributed by atoms with Crippen LogP contribution in [0.5, 0.6) is 6.01 Å². The predicted molar refractivity (Wildman–Crippen MR) is 140 cm³/mol. The van der Waals surface area contributed by atoms with Crippen molar-refractivity contribution in [1.82, 2.24) is 14.9 Å². The molecule has 4 N–H and O–H groups in total. The fraction of sp³-hybridized carbons (Fsp3) is 0.462. The number of carbonyl (C=O) groups is 1. The Morgan fingerprint density at radius 3 is 2.62 bits per heavy atom. The van der Waals surface area contributed by atoms with E-state index in [9.17, 15) is 22.4 Å². The number of rotatable bonds is 5. The van der Waals surface area contributed by atoms with Crippen molar-refractivity contribution in [2.75, 3.05) is 51.5 Å². The summed E-state index contributed by atoms with van der Waals surface area (Å²) >= 11 is 0. The number of amides is 1. The maximum atomic E-state index is 14.4. The number of alkyl halides is 3. The maximum absolute atomic E-state index is 14.4. The summed E-state index contributed by atoms with van der Waals surface area (Å²) in [6, 6.07) is 1.73. The quantitative estimate of drug-likeness (QED) is 0.321. The van der Waals surface area contributed by atoms with Gasteiger partial charge in [-0.05, 0) is 31.0 Å². The second-order valence-electron chi connectivity index (χ2n) is 9.77. The fourth-order valence-corrected chi connectivity index (χ4v) is 4.75. The van der Waals surface area contributed by atoms with Crippen LogP contribution in [0, 0.1) is 5.82 Å². The van der Waals surface area contributed by atoms with Gasteiger partial charge in [-0.3, -0.25) is 9.79 Å². The molecule has 0 bridgehead atoms. The van der Waals surface area contributed by atoms with Gasteiger partial charge in [0.2, 0.25) is 0 Å². The van der Waals surface area contributed by atoms with E-state index in [4.69, 9.17) is 20.9 Å². The summed E-state index contributed by atoms with van der Waals surface area (Å²) in [7, 11) is 4.59. The molecule has 0 fully saturated rings. The number of nitrogens with two attached hydrogens (primary N) is 2. The molecule has 40 heavy (non-hydrogen) atoms. The Hall–Kier alpha value is -3.94. The predicted octanol–water partition coefficient (Wildman–Crippen LogP) is 3.01. The summed E-state index contributed by atoms with van der Waals surface area (Å²) in [6.07, 6.45) is -5.53. The molecule has 1 aromatic heterocycles. The van der Waals surface area contributed by atoms with Crippen molar-refractivity contribution in [3.8, 4) is 6.01 Å². The summed E-state index contributed by atoms with van der Waals surface area (Å²) in [5, 5.41) is 0. The van der Waals surface area contributed by atoms with Gasteiger partial charge < -0.3 is 30.7 Å². The third-order valence-corrected chi connectivity index (χ3v) is 6.82. The van der Waals surface area contributed by atoms with E-state index < -0.39 is 29.2 Å². The van der Waals surface area contributed by atoms with Gasteiger partial charge in [-0.1, -0.05) is 0 Å². The Labute approximate surface area is 228 Å². The van der Waals surface area contributed by atoms with E-state index in [1.165, 1.54) is 12.0 Å². The highest BCUT2D eigenvalue weighted by molar-refractivity contribution is 6.09. The Balaban J connectivity index is 1.72. The van der Waals surface area contributed by atoms with Gasteiger partial charge in [-0.15, -0.1) is 0 Å². The van der Waals surface area contributed by atoms with Crippen molar-refractivity contribution in [3.05, 3.63) is 51.6 Å². The summed E-state index contributed by atoms with van der Waals surface area (Å²) in [4.78, 5) is 29.3. The minimum Gasteiger partial charge on any atom is -0.467 e. The van der Waals surface area contributed by atoms with Gasteiger partial charge >= 0.3 is 12.2 Å². The number of aliphatic imine (C=N–C) groups is 1. The number of nitrogens with zero attached hydrogens (tertiary/aromatic N) is 5. The summed E-state index contributed by atoms with van der Waals surface area (Å²) in [5.74, 6) is -1.34. The smallest absolute Gasteiger partial charge is 0.419 e. The minimum absolute atomic E-state index is 0.0153. The number of hydrogen-bond acceptors (Lipinski definition) is 9. The second-order valence-corrected chi connectivity index (χ2v) is 9.77. The normalized spacial score (nSPS) is 18.4. The monoisotopic (exact) mass is 565 g/mol. The van der Waals surface area contributed by atoms with Crippen LogP contribution in [0.25, 0.3) is 0 Å². The molecule has 2 aliphatic rings. The number of halogens is 4. The van der Waals surface area contributed by atoms with Crippen LogP contribution >= 0.6 is 0 Å². The number of anilines is 2. The van der Waals surface area contributed by atoms with E-state index in [1.807, 2.05) is 4.90 Å².